The zero-order valence-corrected chi connectivity index (χ0v) is 11.8. The second-order valence-electron chi connectivity index (χ2n) is 4.76. The highest BCUT2D eigenvalue weighted by Crippen LogP contribution is 2.28. The fourth-order valence-corrected chi connectivity index (χ4v) is 2.79. The molecular formula is C12H19N3O3S. The van der Waals surface area contributed by atoms with Gasteiger partial charge in [-0.3, -0.25) is 0 Å². The number of nitrogens with two attached hydrogens (primary N) is 1. The molecule has 7 heteroatoms. The Kier molecular flexibility index (Phi) is 4.38. The Morgan fingerprint density at radius 2 is 2.26 bits per heavy atom. The van der Waals surface area contributed by atoms with Crippen LogP contribution in [-0.4, -0.2) is 44.5 Å². The minimum absolute atomic E-state index is 0.157. The van der Waals surface area contributed by atoms with Gasteiger partial charge in [-0.1, -0.05) is 0 Å². The first-order valence-electron chi connectivity index (χ1n) is 6.26. The van der Waals surface area contributed by atoms with Crippen molar-refractivity contribution >= 4 is 15.8 Å². The topological polar surface area (TPSA) is 85.5 Å². The Morgan fingerprint density at radius 1 is 1.53 bits per heavy atom. The summed E-state index contributed by atoms with van der Waals surface area (Å²) in [5.41, 5.74) is 5.50. The third kappa shape index (κ3) is 3.89. The molecular weight excluding hydrogens is 266 g/mol. The number of ether oxygens (including phenoxy) is 1. The van der Waals surface area contributed by atoms with E-state index in [1.165, 1.54) is 42.5 Å². The van der Waals surface area contributed by atoms with E-state index in [9.17, 15) is 8.42 Å². The van der Waals surface area contributed by atoms with Gasteiger partial charge in [0.2, 0.25) is 10.0 Å². The Balaban J connectivity index is 1.90. The number of hydrogen-bond donors (Lipinski definition) is 1. The van der Waals surface area contributed by atoms with E-state index >= 15 is 0 Å². The SMILES string of the molecule is CN(CCOCC1CC1)S(=O)(=O)c1ccnc(N)c1. The van der Waals surface area contributed by atoms with Crippen molar-refractivity contribution in [2.24, 2.45) is 5.92 Å². The Labute approximate surface area is 113 Å². The number of aromatic nitrogens is 1. The third-order valence-corrected chi connectivity index (χ3v) is 4.91. The molecule has 1 saturated carbocycles. The molecule has 0 saturated heterocycles. The van der Waals surface area contributed by atoms with Gasteiger partial charge >= 0.3 is 0 Å². The molecule has 1 heterocycles. The molecule has 0 spiro atoms. The zero-order valence-electron chi connectivity index (χ0n) is 10.9. The molecule has 0 aliphatic heterocycles. The summed E-state index contributed by atoms with van der Waals surface area (Å²) in [4.78, 5) is 3.94. The van der Waals surface area contributed by atoms with E-state index < -0.39 is 10.0 Å². The summed E-state index contributed by atoms with van der Waals surface area (Å²) in [6.45, 7) is 1.47. The van der Waals surface area contributed by atoms with Crippen LogP contribution in [0, 0.1) is 5.92 Å². The van der Waals surface area contributed by atoms with Crippen LogP contribution in [0.3, 0.4) is 0 Å². The standard InChI is InChI=1S/C12H19N3O3S/c1-15(6-7-18-9-10-2-3-10)19(16,17)11-4-5-14-12(13)8-11/h4-5,8,10H,2-3,6-7,9H2,1H3,(H2,13,14). The summed E-state index contributed by atoms with van der Waals surface area (Å²) < 4.78 is 31.1. The Morgan fingerprint density at radius 3 is 2.89 bits per heavy atom. The second-order valence-corrected chi connectivity index (χ2v) is 6.81. The lowest BCUT2D eigenvalue weighted by molar-refractivity contribution is 0.117. The van der Waals surface area contributed by atoms with Gasteiger partial charge < -0.3 is 10.5 Å². The van der Waals surface area contributed by atoms with Gasteiger partial charge in [0.1, 0.15) is 5.82 Å². The highest BCUT2D eigenvalue weighted by Gasteiger charge is 2.23. The molecule has 19 heavy (non-hydrogen) atoms. The molecule has 0 bridgehead atoms. The summed E-state index contributed by atoms with van der Waals surface area (Å²) in [7, 11) is -1.98. The maximum atomic E-state index is 12.2. The quantitative estimate of drug-likeness (QED) is 0.746. The van der Waals surface area contributed by atoms with Gasteiger partial charge in [0.25, 0.3) is 0 Å². The molecule has 0 unspecified atom stereocenters. The van der Waals surface area contributed by atoms with Crippen molar-refractivity contribution in [3.63, 3.8) is 0 Å². The lowest BCUT2D eigenvalue weighted by Gasteiger charge is -2.17. The van der Waals surface area contributed by atoms with Crippen LogP contribution in [0.2, 0.25) is 0 Å². The lowest BCUT2D eigenvalue weighted by Crippen LogP contribution is -2.30. The summed E-state index contributed by atoms with van der Waals surface area (Å²) in [5, 5.41) is 0. The minimum atomic E-state index is -3.51. The maximum Gasteiger partial charge on any atom is 0.243 e. The second kappa shape index (κ2) is 5.85. The molecule has 6 nitrogen and oxygen atoms in total. The van der Waals surface area contributed by atoms with E-state index in [2.05, 4.69) is 4.98 Å². The average molecular weight is 285 g/mol. The summed E-state index contributed by atoms with van der Waals surface area (Å²) in [5.74, 6) is 0.876. The molecule has 0 atom stereocenters. The van der Waals surface area contributed by atoms with Crippen LogP contribution in [0.25, 0.3) is 0 Å². The average Bonchev–Trinajstić information content (AvgIpc) is 3.18. The fourth-order valence-electron chi connectivity index (χ4n) is 1.62. The maximum absolute atomic E-state index is 12.2. The monoisotopic (exact) mass is 285 g/mol. The Hall–Kier alpha value is -1.18. The molecule has 1 aliphatic carbocycles. The number of hydrogen-bond acceptors (Lipinski definition) is 5. The largest absolute Gasteiger partial charge is 0.384 e. The lowest BCUT2D eigenvalue weighted by atomic mass is 10.5. The van der Waals surface area contributed by atoms with E-state index in [0.717, 1.165) is 6.61 Å². The third-order valence-electron chi connectivity index (χ3n) is 3.06. The fraction of sp³-hybridized carbons (Fsp3) is 0.583. The van der Waals surface area contributed by atoms with Crippen molar-refractivity contribution in [3.8, 4) is 0 Å². The van der Waals surface area contributed by atoms with Crippen LogP contribution < -0.4 is 5.73 Å². The van der Waals surface area contributed by atoms with Gasteiger partial charge in [-0.25, -0.2) is 13.4 Å². The predicted octanol–water partition coefficient (Wildman–Crippen LogP) is 0.711. The van der Waals surface area contributed by atoms with Gasteiger partial charge in [0.05, 0.1) is 11.5 Å². The molecule has 2 rings (SSSR count). The number of likely N-dealkylation sites (N-methyl/N-ethyl adjacent to an activating group) is 1. The van der Waals surface area contributed by atoms with Crippen molar-refractivity contribution in [1.82, 2.24) is 9.29 Å². The van der Waals surface area contributed by atoms with E-state index in [-0.39, 0.29) is 10.7 Å². The highest BCUT2D eigenvalue weighted by molar-refractivity contribution is 7.89. The first-order valence-corrected chi connectivity index (χ1v) is 7.70. The number of anilines is 1. The molecule has 0 amide bonds. The highest BCUT2D eigenvalue weighted by atomic mass is 32.2. The van der Waals surface area contributed by atoms with Gasteiger partial charge in [0, 0.05) is 32.5 Å². The van der Waals surface area contributed by atoms with Crippen LogP contribution in [0.1, 0.15) is 12.8 Å². The van der Waals surface area contributed by atoms with Crippen molar-refractivity contribution in [3.05, 3.63) is 18.3 Å². The van der Waals surface area contributed by atoms with Crippen LogP contribution in [-0.2, 0) is 14.8 Å². The molecule has 0 radical (unpaired) electrons. The van der Waals surface area contributed by atoms with Gasteiger partial charge in [0.15, 0.2) is 0 Å². The first kappa shape index (κ1) is 14.2. The summed E-state index contributed by atoms with van der Waals surface area (Å²) >= 11 is 0. The molecule has 1 aromatic heterocycles. The zero-order chi connectivity index (χ0) is 13.9. The number of pyridine rings is 1. The van der Waals surface area contributed by atoms with Crippen molar-refractivity contribution in [1.29, 1.82) is 0 Å². The molecule has 0 aromatic carbocycles. The Bertz CT molecular complexity index is 529. The van der Waals surface area contributed by atoms with E-state index in [4.69, 9.17) is 10.5 Å². The van der Waals surface area contributed by atoms with E-state index in [1.807, 2.05) is 0 Å². The number of nitrogens with zero attached hydrogens (tertiary/aromatic N) is 2. The predicted molar refractivity (Wildman–Crippen MR) is 72.0 cm³/mol. The smallest absolute Gasteiger partial charge is 0.243 e. The van der Waals surface area contributed by atoms with Crippen LogP contribution in [0.4, 0.5) is 5.82 Å². The van der Waals surface area contributed by atoms with Crippen molar-refractivity contribution in [2.45, 2.75) is 17.7 Å². The van der Waals surface area contributed by atoms with Crippen molar-refractivity contribution in [2.75, 3.05) is 32.5 Å². The van der Waals surface area contributed by atoms with E-state index in [0.29, 0.717) is 19.1 Å². The van der Waals surface area contributed by atoms with Crippen LogP contribution in [0.15, 0.2) is 23.2 Å². The molecule has 106 valence electrons. The minimum Gasteiger partial charge on any atom is -0.384 e. The normalized spacial score (nSPS) is 15.9. The molecule has 2 N–H and O–H groups in total. The number of rotatable bonds is 7. The van der Waals surface area contributed by atoms with Crippen LogP contribution in [0.5, 0.6) is 0 Å². The first-order chi connectivity index (χ1) is 9.00. The number of sulfonamides is 1. The van der Waals surface area contributed by atoms with Gasteiger partial charge in [-0.05, 0) is 24.8 Å². The summed E-state index contributed by atoms with van der Waals surface area (Å²) in [6, 6.07) is 2.80. The van der Waals surface area contributed by atoms with Gasteiger partial charge in [-0.2, -0.15) is 4.31 Å². The van der Waals surface area contributed by atoms with Crippen LogP contribution >= 0.6 is 0 Å². The summed E-state index contributed by atoms with van der Waals surface area (Å²) in [6.07, 6.45) is 3.84. The molecule has 1 fully saturated rings. The number of nitrogen functional groups attached to an aromatic ring is 1. The molecule has 1 aliphatic rings. The van der Waals surface area contributed by atoms with E-state index in [1.54, 1.807) is 0 Å². The van der Waals surface area contributed by atoms with Crippen molar-refractivity contribution < 1.29 is 13.2 Å². The molecule has 1 aromatic rings. The van der Waals surface area contributed by atoms with Gasteiger partial charge in [-0.15, -0.1) is 0 Å².